The van der Waals surface area contributed by atoms with E-state index >= 15 is 0 Å². The number of nitrogens with two attached hydrogens (primary N) is 1. The van der Waals surface area contributed by atoms with Gasteiger partial charge in [0.15, 0.2) is 22.6 Å². The number of carbonyl (C=O) groups is 1. The van der Waals surface area contributed by atoms with Gasteiger partial charge in [0, 0.05) is 36.7 Å². The molecule has 0 unspecified atom stereocenters. The standard InChI is InChI=1S/C25H29N5O4S.C19H20N6O2S/c1-16-5-9-19(10-6-16)35(32,33)29-12-11-20-24(29)26-15-21-27-28-23(30(20)21)18-8-7-17(13-18)14-22(31)34-25(2,3)4;1-12-2-6-15(7-3-12)28(26,27)24-9-8-16-19(24)21-11-17-22-23-18(25(16)17)13-4-5-14(20)10-13/h5-6,9-12,15,17-18H,7-8,13-14H2,1-4H3;2-3,6-9,11,13-14H,4-5,10,20H2,1H3/t17-,18+;13-,14+/m01/s1. The van der Waals surface area contributed by atoms with E-state index in [0.29, 0.717) is 40.0 Å². The molecule has 0 amide bonds. The molecule has 19 heteroatoms. The molecule has 0 spiro atoms. The fourth-order valence-corrected chi connectivity index (χ4v) is 11.4. The number of aromatic nitrogens is 10. The molecule has 6 heterocycles. The van der Waals surface area contributed by atoms with E-state index in [-0.39, 0.29) is 39.6 Å². The van der Waals surface area contributed by atoms with Crippen LogP contribution in [0.2, 0.25) is 0 Å². The molecule has 2 aliphatic carbocycles. The molecule has 0 aliphatic heterocycles. The monoisotopic (exact) mass is 891 g/mol. The van der Waals surface area contributed by atoms with Crippen molar-refractivity contribution in [1.82, 2.24) is 47.1 Å². The fourth-order valence-electron chi connectivity index (χ4n) is 8.83. The van der Waals surface area contributed by atoms with Gasteiger partial charge in [0.2, 0.25) is 0 Å². The third-order valence-corrected chi connectivity index (χ3v) is 15.3. The molecule has 2 aromatic carbocycles. The van der Waals surface area contributed by atoms with E-state index in [1.807, 2.05) is 43.4 Å². The Morgan fingerprint density at radius 1 is 0.667 bits per heavy atom. The number of hydrogen-bond acceptors (Lipinski definition) is 13. The molecule has 0 saturated heterocycles. The van der Waals surface area contributed by atoms with Crippen LogP contribution in [0, 0.1) is 19.8 Å². The van der Waals surface area contributed by atoms with Gasteiger partial charge in [-0.05, 0) is 115 Å². The summed E-state index contributed by atoms with van der Waals surface area (Å²) >= 11 is 0. The number of benzene rings is 2. The summed E-state index contributed by atoms with van der Waals surface area (Å²) in [5.41, 5.74) is 10.7. The van der Waals surface area contributed by atoms with E-state index in [1.54, 1.807) is 73.1 Å². The van der Waals surface area contributed by atoms with Crippen LogP contribution in [0.1, 0.15) is 100 Å². The van der Waals surface area contributed by atoms with Crippen molar-refractivity contribution in [3.63, 3.8) is 0 Å². The second-order valence-corrected chi connectivity index (χ2v) is 21.4. The van der Waals surface area contributed by atoms with Crippen molar-refractivity contribution in [2.75, 3.05) is 0 Å². The SMILES string of the molecule is Cc1ccc(S(=O)(=O)n2ccc3c2ncc2nnc([C@@H]4CC[C@H](CC(=O)OC(C)(C)C)C4)n23)cc1.Cc1ccc(S(=O)(=O)n2ccc3c2ncc2nnc([C@@H]4CC[C@H](N)C4)n23)cc1. The van der Waals surface area contributed by atoms with Gasteiger partial charge >= 0.3 is 5.97 Å². The molecule has 4 atom stereocenters. The number of hydrogen-bond donors (Lipinski definition) is 1. The van der Waals surface area contributed by atoms with E-state index in [1.165, 1.54) is 20.3 Å². The summed E-state index contributed by atoms with van der Waals surface area (Å²) in [7, 11) is -7.56. The predicted molar refractivity (Wildman–Crippen MR) is 235 cm³/mol. The summed E-state index contributed by atoms with van der Waals surface area (Å²) in [5, 5.41) is 17.3. The van der Waals surface area contributed by atoms with Crippen LogP contribution in [-0.4, -0.2) is 81.6 Å². The number of ether oxygens (including phenoxy) is 1. The minimum Gasteiger partial charge on any atom is -0.460 e. The van der Waals surface area contributed by atoms with Gasteiger partial charge in [0.1, 0.15) is 17.2 Å². The Morgan fingerprint density at radius 2 is 1.13 bits per heavy atom. The Bertz CT molecular complexity index is 3240. The number of fused-ring (bicyclic) bond motifs is 6. The number of esters is 1. The minimum absolute atomic E-state index is 0.111. The van der Waals surface area contributed by atoms with Crippen molar-refractivity contribution in [1.29, 1.82) is 0 Å². The van der Waals surface area contributed by atoms with Crippen LogP contribution < -0.4 is 5.73 Å². The first-order valence-electron chi connectivity index (χ1n) is 21.0. The highest BCUT2D eigenvalue weighted by molar-refractivity contribution is 7.90. The zero-order chi connectivity index (χ0) is 44.4. The van der Waals surface area contributed by atoms with Gasteiger partial charge in [0.25, 0.3) is 20.0 Å². The van der Waals surface area contributed by atoms with Crippen LogP contribution in [0.25, 0.3) is 33.6 Å². The van der Waals surface area contributed by atoms with E-state index in [0.717, 1.165) is 61.3 Å². The van der Waals surface area contributed by atoms with Crippen molar-refractivity contribution in [2.24, 2.45) is 11.7 Å². The molecule has 0 radical (unpaired) electrons. The summed E-state index contributed by atoms with van der Waals surface area (Å²) in [6, 6.07) is 17.2. The molecular weight excluding hydrogens is 843 g/mol. The highest BCUT2D eigenvalue weighted by atomic mass is 32.2. The zero-order valence-corrected chi connectivity index (χ0v) is 37.3. The van der Waals surface area contributed by atoms with Crippen LogP contribution >= 0.6 is 0 Å². The summed E-state index contributed by atoms with van der Waals surface area (Å²) in [6.45, 7) is 9.44. The molecule has 63 heavy (non-hydrogen) atoms. The highest BCUT2D eigenvalue weighted by Gasteiger charge is 2.33. The zero-order valence-electron chi connectivity index (χ0n) is 35.7. The van der Waals surface area contributed by atoms with Crippen LogP contribution in [-0.2, 0) is 29.6 Å². The smallest absolute Gasteiger partial charge is 0.306 e. The second kappa shape index (κ2) is 15.9. The van der Waals surface area contributed by atoms with Gasteiger partial charge in [-0.25, -0.2) is 34.7 Å². The number of rotatable bonds is 8. The summed E-state index contributed by atoms with van der Waals surface area (Å²) < 4.78 is 64.6. The van der Waals surface area contributed by atoms with Gasteiger partial charge < -0.3 is 10.5 Å². The Morgan fingerprint density at radius 3 is 1.57 bits per heavy atom. The number of nitrogens with zero attached hydrogens (tertiary/aromatic N) is 10. The fraction of sp³-hybridized carbons (Fsp3) is 0.386. The van der Waals surface area contributed by atoms with Crippen LogP contribution in [0.3, 0.4) is 0 Å². The largest absolute Gasteiger partial charge is 0.460 e. The lowest BCUT2D eigenvalue weighted by molar-refractivity contribution is -0.155. The topological polar surface area (TPSA) is 217 Å². The molecule has 8 aromatic rings. The van der Waals surface area contributed by atoms with E-state index in [9.17, 15) is 21.6 Å². The molecule has 10 rings (SSSR count). The number of aryl methyl sites for hydroxylation is 2. The molecule has 2 aliphatic rings. The van der Waals surface area contributed by atoms with Gasteiger partial charge in [-0.1, -0.05) is 35.4 Å². The lowest BCUT2D eigenvalue weighted by Gasteiger charge is -2.20. The first-order chi connectivity index (χ1) is 30.0. The third-order valence-electron chi connectivity index (χ3n) is 11.9. The molecule has 328 valence electrons. The van der Waals surface area contributed by atoms with Crippen LogP contribution in [0.15, 0.2) is 95.2 Å². The van der Waals surface area contributed by atoms with Gasteiger partial charge in [-0.15, -0.1) is 20.4 Å². The molecular formula is C44H49N11O6S2. The van der Waals surface area contributed by atoms with Crippen LogP contribution in [0.4, 0.5) is 0 Å². The number of carbonyl (C=O) groups excluding carboxylic acids is 1. The molecule has 2 N–H and O–H groups in total. The van der Waals surface area contributed by atoms with Crippen molar-refractivity contribution in [2.45, 2.75) is 113 Å². The average molecular weight is 892 g/mol. The molecule has 17 nitrogen and oxygen atoms in total. The van der Waals surface area contributed by atoms with Gasteiger partial charge in [0.05, 0.1) is 33.2 Å². The van der Waals surface area contributed by atoms with Gasteiger partial charge in [-0.3, -0.25) is 13.6 Å². The Kier molecular flexibility index (Phi) is 10.7. The maximum Gasteiger partial charge on any atom is 0.306 e. The Hall–Kier alpha value is -6.05. The first-order valence-corrected chi connectivity index (χ1v) is 23.9. The minimum atomic E-state index is -3.81. The van der Waals surface area contributed by atoms with Gasteiger partial charge in [-0.2, -0.15) is 0 Å². The molecule has 0 bridgehead atoms. The summed E-state index contributed by atoms with van der Waals surface area (Å²) in [6.07, 6.45) is 11.9. The predicted octanol–water partition coefficient (Wildman–Crippen LogP) is 6.46. The Balaban J connectivity index is 0.000000164. The highest BCUT2D eigenvalue weighted by Crippen LogP contribution is 2.40. The lowest BCUT2D eigenvalue weighted by Crippen LogP contribution is -2.24. The third kappa shape index (κ3) is 7.97. The van der Waals surface area contributed by atoms with E-state index < -0.39 is 25.6 Å². The molecule has 2 saturated carbocycles. The van der Waals surface area contributed by atoms with Crippen LogP contribution in [0.5, 0.6) is 0 Å². The van der Waals surface area contributed by atoms with Crippen molar-refractivity contribution in [3.05, 3.63) is 108 Å². The molecule has 2 fully saturated rings. The summed E-state index contributed by atoms with van der Waals surface area (Å²) in [4.78, 5) is 21.5. The maximum atomic E-state index is 13.3. The second-order valence-electron chi connectivity index (χ2n) is 17.7. The maximum absolute atomic E-state index is 13.3. The Labute approximate surface area is 364 Å². The van der Waals surface area contributed by atoms with Crippen molar-refractivity contribution in [3.8, 4) is 0 Å². The quantitative estimate of drug-likeness (QED) is 0.162. The molecule has 6 aromatic heterocycles. The first kappa shape index (κ1) is 42.3. The lowest BCUT2D eigenvalue weighted by atomic mass is 10.0. The average Bonchev–Trinajstić information content (AvgIpc) is 4.08. The van der Waals surface area contributed by atoms with E-state index in [4.69, 9.17) is 10.5 Å². The van der Waals surface area contributed by atoms with Crippen molar-refractivity contribution < 1.29 is 26.4 Å². The normalized spacial score (nSPS) is 19.6. The van der Waals surface area contributed by atoms with Crippen molar-refractivity contribution >= 4 is 59.6 Å². The van der Waals surface area contributed by atoms with E-state index in [2.05, 4.69) is 30.4 Å². The summed E-state index contributed by atoms with van der Waals surface area (Å²) in [5.74, 6) is 1.95.